The van der Waals surface area contributed by atoms with Gasteiger partial charge in [0, 0.05) is 6.07 Å². The van der Waals surface area contributed by atoms with Crippen molar-refractivity contribution in [2.45, 2.75) is 13.3 Å². The lowest BCUT2D eigenvalue weighted by molar-refractivity contribution is 0.472. The van der Waals surface area contributed by atoms with Gasteiger partial charge in [0.05, 0.1) is 4.47 Å². The first kappa shape index (κ1) is 14.0. The average molecular weight is 324 g/mol. The molecule has 2 nitrogen and oxygen atoms in total. The van der Waals surface area contributed by atoms with Gasteiger partial charge in [0.1, 0.15) is 17.3 Å². The summed E-state index contributed by atoms with van der Waals surface area (Å²) in [7, 11) is 0. The van der Waals surface area contributed by atoms with E-state index in [9.17, 15) is 4.39 Å². The molecule has 2 aromatic rings. The van der Waals surface area contributed by atoms with Gasteiger partial charge in [-0.1, -0.05) is 12.1 Å². The number of nitrogens with two attached hydrogens (primary N) is 1. The van der Waals surface area contributed by atoms with Crippen LogP contribution in [0.25, 0.3) is 0 Å². The second-order valence-corrected chi connectivity index (χ2v) is 5.17. The highest BCUT2D eigenvalue weighted by atomic mass is 79.9. The predicted molar refractivity (Wildman–Crippen MR) is 78.1 cm³/mol. The van der Waals surface area contributed by atoms with E-state index in [0.717, 1.165) is 17.7 Å². The molecule has 19 heavy (non-hydrogen) atoms. The number of aryl methyl sites for hydroxylation is 1. The quantitative estimate of drug-likeness (QED) is 0.915. The van der Waals surface area contributed by atoms with E-state index in [1.165, 1.54) is 11.6 Å². The van der Waals surface area contributed by atoms with Crippen LogP contribution >= 0.6 is 15.9 Å². The number of ether oxygens (including phenoxy) is 1. The van der Waals surface area contributed by atoms with Gasteiger partial charge in [-0.15, -0.1) is 0 Å². The number of hydrogen-bond acceptors (Lipinski definition) is 2. The van der Waals surface area contributed by atoms with Crippen molar-refractivity contribution in [2.75, 3.05) is 6.54 Å². The summed E-state index contributed by atoms with van der Waals surface area (Å²) in [6, 6.07) is 10.6. The van der Waals surface area contributed by atoms with E-state index in [-0.39, 0.29) is 5.82 Å². The van der Waals surface area contributed by atoms with Crippen molar-refractivity contribution in [3.8, 4) is 11.5 Å². The standard InChI is InChI=1S/C15H15BrFNO/c1-10-8-11(6-7-18)2-5-15(10)19-12-3-4-13(16)14(17)9-12/h2-5,8-9H,6-7,18H2,1H3. The summed E-state index contributed by atoms with van der Waals surface area (Å²) in [6.45, 7) is 2.59. The Morgan fingerprint density at radius 2 is 2.00 bits per heavy atom. The third-order valence-electron chi connectivity index (χ3n) is 2.79. The van der Waals surface area contributed by atoms with Crippen molar-refractivity contribution in [3.05, 3.63) is 57.8 Å². The lowest BCUT2D eigenvalue weighted by Crippen LogP contribution is -2.02. The second-order valence-electron chi connectivity index (χ2n) is 4.32. The van der Waals surface area contributed by atoms with Gasteiger partial charge in [0.15, 0.2) is 0 Å². The highest BCUT2D eigenvalue weighted by Gasteiger charge is 2.05. The number of hydrogen-bond donors (Lipinski definition) is 1. The Hall–Kier alpha value is -1.39. The van der Waals surface area contributed by atoms with Gasteiger partial charge in [0.2, 0.25) is 0 Å². The van der Waals surface area contributed by atoms with Gasteiger partial charge < -0.3 is 10.5 Å². The number of halogens is 2. The smallest absolute Gasteiger partial charge is 0.141 e. The molecule has 0 atom stereocenters. The molecule has 0 radical (unpaired) electrons. The largest absolute Gasteiger partial charge is 0.457 e. The Balaban J connectivity index is 2.20. The fraction of sp³-hybridized carbons (Fsp3) is 0.200. The third kappa shape index (κ3) is 3.55. The topological polar surface area (TPSA) is 35.2 Å². The molecule has 0 aliphatic heterocycles. The zero-order valence-electron chi connectivity index (χ0n) is 10.6. The average Bonchev–Trinajstić information content (AvgIpc) is 2.37. The maximum Gasteiger partial charge on any atom is 0.141 e. The molecule has 4 heteroatoms. The molecule has 0 fully saturated rings. The van der Waals surface area contributed by atoms with E-state index in [2.05, 4.69) is 15.9 Å². The minimum absolute atomic E-state index is 0.338. The molecule has 0 aromatic heterocycles. The molecule has 2 rings (SSSR count). The summed E-state index contributed by atoms with van der Waals surface area (Å²) >= 11 is 3.11. The van der Waals surface area contributed by atoms with E-state index in [4.69, 9.17) is 10.5 Å². The van der Waals surface area contributed by atoms with Crippen LogP contribution in [0, 0.1) is 12.7 Å². The van der Waals surface area contributed by atoms with Gasteiger partial charge in [-0.25, -0.2) is 4.39 Å². The predicted octanol–water partition coefficient (Wildman–Crippen LogP) is 4.19. The first-order valence-electron chi connectivity index (χ1n) is 6.02. The van der Waals surface area contributed by atoms with Crippen molar-refractivity contribution in [1.29, 1.82) is 0 Å². The van der Waals surface area contributed by atoms with Crippen molar-refractivity contribution in [1.82, 2.24) is 0 Å². The summed E-state index contributed by atoms with van der Waals surface area (Å²) in [4.78, 5) is 0. The molecular formula is C15H15BrFNO. The summed E-state index contributed by atoms with van der Waals surface area (Å²) in [5.74, 6) is 0.868. The number of rotatable bonds is 4. The van der Waals surface area contributed by atoms with Crippen molar-refractivity contribution in [3.63, 3.8) is 0 Å². The van der Waals surface area contributed by atoms with E-state index >= 15 is 0 Å². The maximum atomic E-state index is 13.4. The Bertz CT molecular complexity index is 586. The van der Waals surface area contributed by atoms with E-state index in [1.54, 1.807) is 12.1 Å². The van der Waals surface area contributed by atoms with Crippen LogP contribution in [0.15, 0.2) is 40.9 Å². The van der Waals surface area contributed by atoms with Crippen LogP contribution in [0.3, 0.4) is 0 Å². The van der Waals surface area contributed by atoms with Gasteiger partial charge in [0.25, 0.3) is 0 Å². The fourth-order valence-electron chi connectivity index (χ4n) is 1.82. The van der Waals surface area contributed by atoms with E-state index in [1.807, 2.05) is 25.1 Å². The van der Waals surface area contributed by atoms with Crippen molar-refractivity contribution in [2.24, 2.45) is 5.73 Å². The summed E-state index contributed by atoms with van der Waals surface area (Å²) in [6.07, 6.45) is 0.841. The van der Waals surface area contributed by atoms with Crippen molar-refractivity contribution < 1.29 is 9.13 Å². The molecule has 0 unspecified atom stereocenters. The van der Waals surface area contributed by atoms with Gasteiger partial charge >= 0.3 is 0 Å². The minimum Gasteiger partial charge on any atom is -0.457 e. The monoisotopic (exact) mass is 323 g/mol. The van der Waals surface area contributed by atoms with E-state index in [0.29, 0.717) is 16.8 Å². The molecule has 0 bridgehead atoms. The molecule has 0 saturated carbocycles. The Labute approximate surface area is 120 Å². The van der Waals surface area contributed by atoms with Crippen molar-refractivity contribution >= 4 is 15.9 Å². The van der Waals surface area contributed by atoms with Crippen LogP contribution in [0.4, 0.5) is 4.39 Å². The normalized spacial score (nSPS) is 10.5. The fourth-order valence-corrected chi connectivity index (χ4v) is 2.06. The number of benzene rings is 2. The Morgan fingerprint density at radius 1 is 1.21 bits per heavy atom. The van der Waals surface area contributed by atoms with Gasteiger partial charge in [-0.2, -0.15) is 0 Å². The van der Waals surface area contributed by atoms with Crippen LogP contribution < -0.4 is 10.5 Å². The lowest BCUT2D eigenvalue weighted by atomic mass is 10.1. The second kappa shape index (κ2) is 6.17. The molecule has 0 saturated heterocycles. The first-order valence-corrected chi connectivity index (χ1v) is 6.82. The lowest BCUT2D eigenvalue weighted by Gasteiger charge is -2.10. The van der Waals surface area contributed by atoms with Crippen LogP contribution in [-0.4, -0.2) is 6.54 Å². The van der Waals surface area contributed by atoms with Gasteiger partial charge in [-0.05, 0) is 65.1 Å². The van der Waals surface area contributed by atoms with Crippen LogP contribution in [0.1, 0.15) is 11.1 Å². The Morgan fingerprint density at radius 3 is 2.63 bits per heavy atom. The molecule has 0 heterocycles. The van der Waals surface area contributed by atoms with Gasteiger partial charge in [-0.3, -0.25) is 0 Å². The van der Waals surface area contributed by atoms with E-state index < -0.39 is 0 Å². The first-order chi connectivity index (χ1) is 9.10. The summed E-state index contributed by atoms with van der Waals surface area (Å²) in [5.41, 5.74) is 7.71. The minimum atomic E-state index is -0.338. The molecule has 2 N–H and O–H groups in total. The zero-order chi connectivity index (χ0) is 13.8. The maximum absolute atomic E-state index is 13.4. The molecular weight excluding hydrogens is 309 g/mol. The zero-order valence-corrected chi connectivity index (χ0v) is 12.2. The highest BCUT2D eigenvalue weighted by Crippen LogP contribution is 2.28. The van der Waals surface area contributed by atoms with Crippen LogP contribution in [-0.2, 0) is 6.42 Å². The summed E-state index contributed by atoms with van der Waals surface area (Å²) in [5, 5.41) is 0. The Kier molecular flexibility index (Phi) is 4.56. The molecule has 0 aliphatic rings. The van der Waals surface area contributed by atoms with Crippen LogP contribution in [0.5, 0.6) is 11.5 Å². The molecule has 0 spiro atoms. The molecule has 0 amide bonds. The SMILES string of the molecule is Cc1cc(CCN)ccc1Oc1ccc(Br)c(F)c1. The highest BCUT2D eigenvalue weighted by molar-refractivity contribution is 9.10. The molecule has 0 aliphatic carbocycles. The molecule has 2 aromatic carbocycles. The summed E-state index contributed by atoms with van der Waals surface area (Å²) < 4.78 is 19.5. The van der Waals surface area contributed by atoms with Crippen LogP contribution in [0.2, 0.25) is 0 Å². The molecule has 100 valence electrons. The third-order valence-corrected chi connectivity index (χ3v) is 3.43.